The van der Waals surface area contributed by atoms with Crippen LogP contribution in [0.3, 0.4) is 0 Å². The molecule has 1 rings (SSSR count). The molecule has 0 aliphatic rings. The van der Waals surface area contributed by atoms with Gasteiger partial charge in [0.2, 0.25) is 0 Å². The van der Waals surface area contributed by atoms with Gasteiger partial charge in [0, 0.05) is 10.0 Å². The Morgan fingerprint density at radius 2 is 2.06 bits per heavy atom. The lowest BCUT2D eigenvalue weighted by Gasteiger charge is -2.33. The van der Waals surface area contributed by atoms with Gasteiger partial charge in [0.05, 0.1) is 0 Å². The molecule has 0 amide bonds. The van der Waals surface area contributed by atoms with Gasteiger partial charge in [-0.1, -0.05) is 36.7 Å². The monoisotopic (exact) mass is 287 g/mol. The van der Waals surface area contributed by atoms with Crippen molar-refractivity contribution in [2.24, 2.45) is 11.7 Å². The number of halogens is 2. The zero-order chi connectivity index (χ0) is 12.3. The highest BCUT2D eigenvalue weighted by molar-refractivity contribution is 9.10. The average Bonchev–Trinajstić information content (AvgIpc) is 2.23. The molecule has 0 bridgehead atoms. The van der Waals surface area contributed by atoms with Crippen molar-refractivity contribution in [1.29, 1.82) is 0 Å². The van der Waals surface area contributed by atoms with Crippen LogP contribution in [0.15, 0.2) is 22.7 Å². The molecule has 3 heteroatoms. The molecule has 0 radical (unpaired) electrons. The standard InChI is InChI=1S/C13H19BrFN/c1-4-13(16,9(2)3)8-10-7-11(15)5-6-12(10)14/h5-7,9H,4,8,16H2,1-3H3. The van der Waals surface area contributed by atoms with Crippen LogP contribution in [0.25, 0.3) is 0 Å². The summed E-state index contributed by atoms with van der Waals surface area (Å²) in [6.07, 6.45) is 1.58. The fourth-order valence-electron chi connectivity index (χ4n) is 1.77. The van der Waals surface area contributed by atoms with Crippen LogP contribution in [0, 0.1) is 11.7 Å². The third-order valence-electron chi connectivity index (χ3n) is 3.34. The van der Waals surface area contributed by atoms with Gasteiger partial charge in [0.1, 0.15) is 5.82 Å². The second-order valence-corrected chi connectivity index (χ2v) is 5.51. The summed E-state index contributed by atoms with van der Waals surface area (Å²) >= 11 is 3.44. The molecule has 16 heavy (non-hydrogen) atoms. The van der Waals surface area contributed by atoms with E-state index < -0.39 is 0 Å². The van der Waals surface area contributed by atoms with Gasteiger partial charge in [0.25, 0.3) is 0 Å². The van der Waals surface area contributed by atoms with Gasteiger partial charge in [0.15, 0.2) is 0 Å². The number of rotatable bonds is 4. The molecule has 1 aromatic rings. The molecule has 1 atom stereocenters. The van der Waals surface area contributed by atoms with Crippen molar-refractivity contribution in [2.75, 3.05) is 0 Å². The number of nitrogens with two attached hydrogens (primary N) is 1. The van der Waals surface area contributed by atoms with Gasteiger partial charge in [-0.05, 0) is 42.5 Å². The number of hydrogen-bond donors (Lipinski definition) is 1. The molecule has 0 saturated carbocycles. The number of hydrogen-bond acceptors (Lipinski definition) is 1. The summed E-state index contributed by atoms with van der Waals surface area (Å²) in [4.78, 5) is 0. The predicted molar refractivity (Wildman–Crippen MR) is 69.9 cm³/mol. The van der Waals surface area contributed by atoms with Crippen molar-refractivity contribution < 1.29 is 4.39 Å². The first-order chi connectivity index (χ1) is 7.39. The second kappa shape index (κ2) is 5.28. The first kappa shape index (κ1) is 13.7. The van der Waals surface area contributed by atoms with Crippen LogP contribution in [0.2, 0.25) is 0 Å². The van der Waals surface area contributed by atoms with E-state index in [0.717, 1.165) is 16.5 Å². The minimum absolute atomic E-state index is 0.208. The molecule has 0 spiro atoms. The van der Waals surface area contributed by atoms with E-state index in [-0.39, 0.29) is 11.4 Å². The van der Waals surface area contributed by atoms with Crippen LogP contribution in [-0.2, 0) is 6.42 Å². The molecular formula is C13H19BrFN. The molecule has 0 saturated heterocycles. The third-order valence-corrected chi connectivity index (χ3v) is 4.11. The smallest absolute Gasteiger partial charge is 0.123 e. The largest absolute Gasteiger partial charge is 0.325 e. The molecule has 90 valence electrons. The van der Waals surface area contributed by atoms with E-state index in [1.165, 1.54) is 6.07 Å². The van der Waals surface area contributed by atoms with Gasteiger partial charge in [-0.3, -0.25) is 0 Å². The highest BCUT2D eigenvalue weighted by Gasteiger charge is 2.27. The maximum absolute atomic E-state index is 13.2. The van der Waals surface area contributed by atoms with E-state index in [2.05, 4.69) is 36.7 Å². The molecule has 2 N–H and O–H groups in total. The van der Waals surface area contributed by atoms with E-state index in [1.54, 1.807) is 12.1 Å². The molecule has 0 heterocycles. The maximum atomic E-state index is 13.2. The Balaban J connectivity index is 2.98. The molecule has 0 aliphatic carbocycles. The van der Waals surface area contributed by atoms with Crippen molar-refractivity contribution in [3.8, 4) is 0 Å². The Hall–Kier alpha value is -0.410. The van der Waals surface area contributed by atoms with Gasteiger partial charge in [-0.25, -0.2) is 4.39 Å². The summed E-state index contributed by atoms with van der Waals surface area (Å²) in [5, 5.41) is 0. The molecule has 0 aromatic heterocycles. The van der Waals surface area contributed by atoms with E-state index in [0.29, 0.717) is 12.3 Å². The SMILES string of the molecule is CCC(N)(Cc1cc(F)ccc1Br)C(C)C. The lowest BCUT2D eigenvalue weighted by atomic mass is 9.80. The summed E-state index contributed by atoms with van der Waals surface area (Å²) in [7, 11) is 0. The Morgan fingerprint density at radius 1 is 1.44 bits per heavy atom. The van der Waals surface area contributed by atoms with E-state index >= 15 is 0 Å². The quantitative estimate of drug-likeness (QED) is 0.893. The molecule has 0 aliphatic heterocycles. The van der Waals surface area contributed by atoms with Gasteiger partial charge >= 0.3 is 0 Å². The van der Waals surface area contributed by atoms with Gasteiger partial charge in [-0.15, -0.1) is 0 Å². The predicted octanol–water partition coefficient (Wildman–Crippen LogP) is 3.89. The minimum Gasteiger partial charge on any atom is -0.325 e. The Morgan fingerprint density at radius 3 is 2.56 bits per heavy atom. The summed E-state index contributed by atoms with van der Waals surface area (Å²) in [6.45, 7) is 6.29. The summed E-state index contributed by atoms with van der Waals surface area (Å²) in [5.41, 5.74) is 7.02. The zero-order valence-electron chi connectivity index (χ0n) is 10.1. The molecular weight excluding hydrogens is 269 g/mol. The van der Waals surface area contributed by atoms with Crippen molar-refractivity contribution in [3.05, 3.63) is 34.1 Å². The summed E-state index contributed by atoms with van der Waals surface area (Å²) in [6, 6.07) is 4.75. The lowest BCUT2D eigenvalue weighted by molar-refractivity contribution is 0.295. The van der Waals surface area contributed by atoms with Crippen molar-refractivity contribution in [2.45, 2.75) is 39.2 Å². The molecule has 1 aromatic carbocycles. The van der Waals surface area contributed by atoms with Crippen LogP contribution in [0.5, 0.6) is 0 Å². The first-order valence-corrected chi connectivity index (χ1v) is 6.41. The van der Waals surface area contributed by atoms with Crippen LogP contribution < -0.4 is 5.73 Å². The number of benzene rings is 1. The lowest BCUT2D eigenvalue weighted by Crippen LogP contribution is -2.46. The normalized spacial score (nSPS) is 15.2. The van der Waals surface area contributed by atoms with Crippen molar-refractivity contribution in [3.63, 3.8) is 0 Å². The van der Waals surface area contributed by atoms with Crippen molar-refractivity contribution >= 4 is 15.9 Å². The molecule has 0 fully saturated rings. The average molecular weight is 288 g/mol. The van der Waals surface area contributed by atoms with Gasteiger partial charge < -0.3 is 5.73 Å². The fraction of sp³-hybridized carbons (Fsp3) is 0.538. The highest BCUT2D eigenvalue weighted by atomic mass is 79.9. The Kier molecular flexibility index (Phi) is 4.51. The topological polar surface area (TPSA) is 26.0 Å². The maximum Gasteiger partial charge on any atom is 0.123 e. The molecule has 1 nitrogen and oxygen atoms in total. The zero-order valence-corrected chi connectivity index (χ0v) is 11.6. The highest BCUT2D eigenvalue weighted by Crippen LogP contribution is 2.27. The second-order valence-electron chi connectivity index (χ2n) is 4.65. The van der Waals surface area contributed by atoms with Crippen LogP contribution in [0.1, 0.15) is 32.8 Å². The van der Waals surface area contributed by atoms with Crippen LogP contribution in [-0.4, -0.2) is 5.54 Å². The third kappa shape index (κ3) is 3.05. The summed E-state index contributed by atoms with van der Waals surface area (Å²) in [5.74, 6) is 0.160. The Bertz CT molecular complexity index is 365. The Labute approximate surface area is 105 Å². The van der Waals surface area contributed by atoms with Crippen LogP contribution in [0.4, 0.5) is 4.39 Å². The van der Waals surface area contributed by atoms with Gasteiger partial charge in [-0.2, -0.15) is 0 Å². The minimum atomic E-state index is -0.268. The van der Waals surface area contributed by atoms with E-state index in [1.807, 2.05) is 0 Å². The van der Waals surface area contributed by atoms with Crippen LogP contribution >= 0.6 is 15.9 Å². The first-order valence-electron chi connectivity index (χ1n) is 5.62. The van der Waals surface area contributed by atoms with E-state index in [4.69, 9.17) is 5.73 Å². The van der Waals surface area contributed by atoms with E-state index in [9.17, 15) is 4.39 Å². The molecule has 1 unspecified atom stereocenters. The summed E-state index contributed by atoms with van der Waals surface area (Å²) < 4.78 is 14.1. The fourth-order valence-corrected chi connectivity index (χ4v) is 2.16. The van der Waals surface area contributed by atoms with Crippen molar-refractivity contribution in [1.82, 2.24) is 0 Å².